The lowest BCUT2D eigenvalue weighted by Gasteiger charge is -2.22. The van der Waals surface area contributed by atoms with Gasteiger partial charge < -0.3 is 4.74 Å². The van der Waals surface area contributed by atoms with Crippen LogP contribution in [0.25, 0.3) is 0 Å². The van der Waals surface area contributed by atoms with Crippen molar-refractivity contribution in [1.82, 2.24) is 4.90 Å². The fraction of sp³-hybridized carbons (Fsp3) is 1.00. The second-order valence-electron chi connectivity index (χ2n) is 3.26. The second-order valence-corrected chi connectivity index (χ2v) is 3.26. The Morgan fingerprint density at radius 1 is 1.60 bits per heavy atom. The zero-order chi connectivity index (χ0) is 6.97. The van der Waals surface area contributed by atoms with Gasteiger partial charge in [-0.3, -0.25) is 4.90 Å². The molecule has 2 rings (SSSR count). The molecule has 0 N–H and O–H groups in total. The quantitative estimate of drug-likeness (QED) is 0.537. The van der Waals surface area contributed by atoms with Crippen LogP contribution in [0.2, 0.25) is 0 Å². The van der Waals surface area contributed by atoms with Crippen LogP contribution in [0, 0.1) is 0 Å². The SMILES string of the molecule is CCN1CC2CC1CCO2. The maximum Gasteiger partial charge on any atom is 0.0717 e. The van der Waals surface area contributed by atoms with Gasteiger partial charge in [0.15, 0.2) is 0 Å². The average molecular weight is 141 g/mol. The minimum Gasteiger partial charge on any atom is -0.377 e. The Kier molecular flexibility index (Phi) is 1.66. The molecule has 2 unspecified atom stereocenters. The van der Waals surface area contributed by atoms with Gasteiger partial charge in [-0.2, -0.15) is 0 Å². The number of likely N-dealkylation sites (N-methyl/N-ethyl adjacent to an activating group) is 1. The van der Waals surface area contributed by atoms with Crippen LogP contribution >= 0.6 is 0 Å². The first-order valence-corrected chi connectivity index (χ1v) is 4.26. The summed E-state index contributed by atoms with van der Waals surface area (Å²) in [5, 5.41) is 0. The van der Waals surface area contributed by atoms with E-state index in [0.717, 1.165) is 12.6 Å². The molecule has 2 bridgehead atoms. The van der Waals surface area contributed by atoms with Crippen molar-refractivity contribution in [2.24, 2.45) is 0 Å². The third kappa shape index (κ3) is 0.956. The number of rotatable bonds is 1. The van der Waals surface area contributed by atoms with Crippen LogP contribution in [-0.2, 0) is 4.74 Å². The number of likely N-dealkylation sites (tertiary alicyclic amines) is 1. The van der Waals surface area contributed by atoms with E-state index in [4.69, 9.17) is 4.74 Å². The highest BCUT2D eigenvalue weighted by Crippen LogP contribution is 2.26. The van der Waals surface area contributed by atoms with Crippen molar-refractivity contribution < 1.29 is 4.74 Å². The molecular weight excluding hydrogens is 126 g/mol. The molecule has 0 aromatic carbocycles. The van der Waals surface area contributed by atoms with E-state index in [1.807, 2.05) is 0 Å². The highest BCUT2D eigenvalue weighted by molar-refractivity contribution is 4.88. The summed E-state index contributed by atoms with van der Waals surface area (Å²) in [7, 11) is 0. The number of hydrogen-bond donors (Lipinski definition) is 0. The first-order valence-electron chi connectivity index (χ1n) is 4.26. The Balaban J connectivity index is 2.01. The van der Waals surface area contributed by atoms with Crippen LogP contribution in [0.4, 0.5) is 0 Å². The maximum atomic E-state index is 5.56. The normalized spacial score (nSPS) is 40.5. The molecule has 0 saturated carbocycles. The lowest BCUT2D eigenvalue weighted by molar-refractivity contribution is 0.0419. The van der Waals surface area contributed by atoms with E-state index in [9.17, 15) is 0 Å². The van der Waals surface area contributed by atoms with Crippen LogP contribution in [0.1, 0.15) is 19.8 Å². The van der Waals surface area contributed by atoms with E-state index in [0.29, 0.717) is 6.10 Å². The summed E-state index contributed by atoms with van der Waals surface area (Å²) < 4.78 is 5.56. The third-order valence-corrected chi connectivity index (χ3v) is 2.70. The van der Waals surface area contributed by atoms with Crippen LogP contribution < -0.4 is 0 Å². The predicted molar refractivity (Wildman–Crippen MR) is 40.0 cm³/mol. The minimum absolute atomic E-state index is 0.568. The standard InChI is InChI=1S/C8H15NO/c1-2-9-6-8-5-7(9)3-4-10-8/h7-8H,2-6H2,1H3. The highest BCUT2D eigenvalue weighted by atomic mass is 16.5. The number of fused-ring (bicyclic) bond motifs is 2. The molecule has 0 aliphatic carbocycles. The molecule has 2 fully saturated rings. The van der Waals surface area contributed by atoms with Gasteiger partial charge in [-0.25, -0.2) is 0 Å². The molecule has 0 amide bonds. The van der Waals surface area contributed by atoms with E-state index < -0.39 is 0 Å². The molecule has 58 valence electrons. The number of hydrogen-bond acceptors (Lipinski definition) is 2. The Labute approximate surface area is 62.2 Å². The van der Waals surface area contributed by atoms with Crippen LogP contribution in [-0.4, -0.2) is 36.7 Å². The molecule has 0 spiro atoms. The average Bonchev–Trinajstić information content (AvgIpc) is 2.26. The lowest BCUT2D eigenvalue weighted by Crippen LogP contribution is -2.29. The highest BCUT2D eigenvalue weighted by Gasteiger charge is 2.34. The van der Waals surface area contributed by atoms with Crippen molar-refractivity contribution in [3.63, 3.8) is 0 Å². The first-order chi connectivity index (χ1) is 4.90. The van der Waals surface area contributed by atoms with Gasteiger partial charge in [0, 0.05) is 19.2 Å². The zero-order valence-electron chi connectivity index (χ0n) is 6.55. The first kappa shape index (κ1) is 6.62. The fourth-order valence-corrected chi connectivity index (χ4v) is 2.12. The molecular formula is C8H15NO. The van der Waals surface area contributed by atoms with Crippen molar-refractivity contribution in [2.45, 2.75) is 31.9 Å². The van der Waals surface area contributed by atoms with E-state index in [-0.39, 0.29) is 0 Å². The Bertz CT molecular complexity index is 126. The molecule has 0 radical (unpaired) electrons. The number of nitrogens with zero attached hydrogens (tertiary/aromatic N) is 1. The smallest absolute Gasteiger partial charge is 0.0717 e. The Hall–Kier alpha value is -0.0800. The summed E-state index contributed by atoms with van der Waals surface area (Å²) in [5.41, 5.74) is 0. The fourth-order valence-electron chi connectivity index (χ4n) is 2.12. The van der Waals surface area contributed by atoms with Gasteiger partial charge in [-0.15, -0.1) is 0 Å². The Morgan fingerprint density at radius 2 is 2.50 bits per heavy atom. The molecule has 0 aromatic rings. The molecule has 2 heteroatoms. The molecule has 2 aliphatic rings. The summed E-state index contributed by atoms with van der Waals surface area (Å²) in [5.74, 6) is 0. The van der Waals surface area contributed by atoms with Crippen molar-refractivity contribution >= 4 is 0 Å². The molecule has 2 aliphatic heterocycles. The van der Waals surface area contributed by atoms with Gasteiger partial charge in [-0.05, 0) is 19.4 Å². The van der Waals surface area contributed by atoms with Gasteiger partial charge in [0.25, 0.3) is 0 Å². The molecule has 10 heavy (non-hydrogen) atoms. The van der Waals surface area contributed by atoms with Crippen molar-refractivity contribution in [3.8, 4) is 0 Å². The molecule has 2 atom stereocenters. The lowest BCUT2D eigenvalue weighted by atomic mass is 10.1. The summed E-state index contributed by atoms with van der Waals surface area (Å²) in [6.45, 7) is 5.61. The van der Waals surface area contributed by atoms with Gasteiger partial charge in [0.1, 0.15) is 0 Å². The summed E-state index contributed by atoms with van der Waals surface area (Å²) in [6, 6.07) is 0.851. The van der Waals surface area contributed by atoms with E-state index >= 15 is 0 Å². The second kappa shape index (κ2) is 2.51. The maximum absolute atomic E-state index is 5.56. The summed E-state index contributed by atoms with van der Waals surface area (Å²) >= 11 is 0. The van der Waals surface area contributed by atoms with Gasteiger partial charge >= 0.3 is 0 Å². The molecule has 2 saturated heterocycles. The molecule has 0 aromatic heterocycles. The zero-order valence-corrected chi connectivity index (χ0v) is 6.55. The Morgan fingerprint density at radius 3 is 3.20 bits per heavy atom. The largest absolute Gasteiger partial charge is 0.377 e. The monoisotopic (exact) mass is 141 g/mol. The van der Waals surface area contributed by atoms with Crippen LogP contribution in [0.3, 0.4) is 0 Å². The van der Waals surface area contributed by atoms with Crippen molar-refractivity contribution in [2.75, 3.05) is 19.7 Å². The van der Waals surface area contributed by atoms with Crippen LogP contribution in [0.15, 0.2) is 0 Å². The van der Waals surface area contributed by atoms with E-state index in [2.05, 4.69) is 11.8 Å². The third-order valence-electron chi connectivity index (χ3n) is 2.70. The van der Waals surface area contributed by atoms with E-state index in [1.165, 1.54) is 25.9 Å². The van der Waals surface area contributed by atoms with E-state index in [1.54, 1.807) is 0 Å². The van der Waals surface area contributed by atoms with Gasteiger partial charge in [0.2, 0.25) is 0 Å². The minimum atomic E-state index is 0.568. The predicted octanol–water partition coefficient (Wildman–Crippen LogP) is 0.870. The van der Waals surface area contributed by atoms with Crippen molar-refractivity contribution in [3.05, 3.63) is 0 Å². The summed E-state index contributed by atoms with van der Waals surface area (Å²) in [6.07, 6.45) is 3.11. The van der Waals surface area contributed by atoms with Gasteiger partial charge in [-0.1, -0.05) is 6.92 Å². The number of ether oxygens (including phenoxy) is 1. The van der Waals surface area contributed by atoms with Crippen molar-refractivity contribution in [1.29, 1.82) is 0 Å². The molecule has 2 nitrogen and oxygen atoms in total. The van der Waals surface area contributed by atoms with Crippen LogP contribution in [0.5, 0.6) is 0 Å². The van der Waals surface area contributed by atoms with Gasteiger partial charge in [0.05, 0.1) is 6.10 Å². The topological polar surface area (TPSA) is 12.5 Å². The summed E-state index contributed by atoms with van der Waals surface area (Å²) in [4.78, 5) is 2.54. The molecule has 2 heterocycles.